The molecule has 4 atom stereocenters. The molecule has 0 amide bonds. The number of nitrogens with one attached hydrogen (secondary N) is 2. The lowest BCUT2D eigenvalue weighted by molar-refractivity contribution is -0.589. The van der Waals surface area contributed by atoms with Crippen molar-refractivity contribution in [3.8, 4) is 0 Å². The van der Waals surface area contributed by atoms with Crippen LogP contribution in [0.2, 0.25) is 0 Å². The predicted octanol–water partition coefficient (Wildman–Crippen LogP) is 1.52. The van der Waals surface area contributed by atoms with Crippen molar-refractivity contribution in [1.29, 1.82) is 0 Å². The Morgan fingerprint density at radius 1 is 1.32 bits per heavy atom. The molecule has 0 bridgehead atoms. The van der Waals surface area contributed by atoms with E-state index in [-0.39, 0.29) is 23.4 Å². The van der Waals surface area contributed by atoms with Crippen LogP contribution in [-0.2, 0) is 10.0 Å². The molecule has 1 aromatic rings. The lowest BCUT2D eigenvalue weighted by Crippen LogP contribution is -2.37. The van der Waals surface area contributed by atoms with Gasteiger partial charge >= 0.3 is 0 Å². The maximum Gasteiger partial charge on any atom is 0.283 e. The number of aliphatic imine (C=N–C) groups is 2. The van der Waals surface area contributed by atoms with E-state index < -0.39 is 10.0 Å². The molecule has 5 rings (SSSR count). The van der Waals surface area contributed by atoms with Gasteiger partial charge in [0.2, 0.25) is 15.7 Å². The molecule has 2 aliphatic carbocycles. The minimum Gasteiger partial charge on any atom is -0.346 e. The number of rotatable bonds is 4. The maximum atomic E-state index is 12.3. The van der Waals surface area contributed by atoms with Crippen LogP contribution in [0.25, 0.3) is 0 Å². The summed E-state index contributed by atoms with van der Waals surface area (Å²) >= 11 is 0. The molecule has 0 aromatic carbocycles. The van der Waals surface area contributed by atoms with E-state index in [4.69, 9.17) is 0 Å². The first-order valence-corrected chi connectivity index (χ1v) is 10.5. The Balaban J connectivity index is 1.37. The molecule has 4 aliphatic rings. The van der Waals surface area contributed by atoms with E-state index in [2.05, 4.69) is 37.3 Å². The van der Waals surface area contributed by atoms with E-state index in [1.807, 2.05) is 18.7 Å². The van der Waals surface area contributed by atoms with Crippen molar-refractivity contribution in [2.75, 3.05) is 0 Å². The highest BCUT2D eigenvalue weighted by atomic mass is 32.2. The van der Waals surface area contributed by atoms with Crippen molar-refractivity contribution >= 4 is 34.1 Å². The molecule has 2 fully saturated rings. The second-order valence-electron chi connectivity index (χ2n) is 7.63. The number of hydrogen-bond donors (Lipinski definition) is 2. The van der Waals surface area contributed by atoms with Crippen molar-refractivity contribution in [2.24, 2.45) is 15.9 Å². The highest BCUT2D eigenvalue weighted by molar-refractivity contribution is 7.90. The summed E-state index contributed by atoms with van der Waals surface area (Å²) in [5.74, 6) is 1.29. The highest BCUT2D eigenvalue weighted by Gasteiger charge is 2.47. The minimum atomic E-state index is -3.14. The van der Waals surface area contributed by atoms with Gasteiger partial charge in [0.05, 0.1) is 11.5 Å². The van der Waals surface area contributed by atoms with Crippen LogP contribution in [0.15, 0.2) is 22.2 Å². The van der Waals surface area contributed by atoms with Crippen molar-refractivity contribution < 1.29 is 13.0 Å². The standard InChI is InChI=1S/C17H21N5O2S/c1-10-6-11(21-25(23,24)12-2-3-12)7-15(10)22-9-20-14-8-19-17-13(16(14)22)4-5-18-17/h4-5,8-12,15-16,21H,2-3,6-7H2,1H3/p+1/t10-,11+,15+,16?/m1/s1. The summed E-state index contributed by atoms with van der Waals surface area (Å²) in [6.07, 6.45) is 8.94. The van der Waals surface area contributed by atoms with Crippen LogP contribution in [0, 0.1) is 5.92 Å². The smallest absolute Gasteiger partial charge is 0.283 e. The summed E-state index contributed by atoms with van der Waals surface area (Å²) in [6.45, 7) is 2.21. The van der Waals surface area contributed by atoms with Gasteiger partial charge in [0.25, 0.3) is 6.34 Å². The van der Waals surface area contributed by atoms with E-state index in [1.54, 1.807) is 0 Å². The van der Waals surface area contributed by atoms with Gasteiger partial charge in [0.1, 0.15) is 11.9 Å². The van der Waals surface area contributed by atoms with Crippen LogP contribution in [0.1, 0.15) is 44.2 Å². The first-order chi connectivity index (χ1) is 12.0. The molecule has 0 radical (unpaired) electrons. The van der Waals surface area contributed by atoms with Crippen LogP contribution in [0.3, 0.4) is 0 Å². The average Bonchev–Trinajstić information content (AvgIpc) is 3.03. The van der Waals surface area contributed by atoms with Gasteiger partial charge in [-0.3, -0.25) is 0 Å². The van der Waals surface area contributed by atoms with Crippen LogP contribution in [0.4, 0.5) is 5.82 Å². The minimum absolute atomic E-state index is 0.0194. The van der Waals surface area contributed by atoms with Crippen LogP contribution in [-0.4, -0.2) is 53.6 Å². The summed E-state index contributed by atoms with van der Waals surface area (Å²) in [5, 5.41) is -0.160. The molecule has 3 heterocycles. The molecule has 1 unspecified atom stereocenters. The molecular formula is C17H22N5O2S+. The third-order valence-corrected chi connectivity index (χ3v) is 7.82. The van der Waals surface area contributed by atoms with Crippen molar-refractivity contribution in [2.45, 2.75) is 56.0 Å². The van der Waals surface area contributed by atoms with Crippen molar-refractivity contribution in [3.05, 3.63) is 17.8 Å². The van der Waals surface area contributed by atoms with E-state index in [0.29, 0.717) is 5.92 Å². The quantitative estimate of drug-likeness (QED) is 0.797. The van der Waals surface area contributed by atoms with Crippen LogP contribution >= 0.6 is 0 Å². The average molecular weight is 360 g/mol. The van der Waals surface area contributed by atoms with Crippen molar-refractivity contribution in [3.63, 3.8) is 0 Å². The zero-order chi connectivity index (χ0) is 17.2. The Labute approximate surface area is 147 Å². The first-order valence-electron chi connectivity index (χ1n) is 8.94. The van der Waals surface area contributed by atoms with Gasteiger partial charge in [-0.05, 0) is 36.2 Å². The normalized spacial score (nSPS) is 33.8. The molecule has 2 N–H and O–H groups in total. The monoisotopic (exact) mass is 360 g/mol. The summed E-state index contributed by atoms with van der Waals surface area (Å²) in [6, 6.07) is 2.44. The fourth-order valence-electron chi connectivity index (χ4n) is 4.40. The Morgan fingerprint density at radius 3 is 2.96 bits per heavy atom. The summed E-state index contributed by atoms with van der Waals surface area (Å²) in [4.78, 5) is 12.1. The topological polar surface area (TPSA) is 89.7 Å². The molecule has 2 saturated carbocycles. The largest absolute Gasteiger partial charge is 0.346 e. The van der Waals surface area contributed by atoms with Gasteiger partial charge < -0.3 is 4.98 Å². The van der Waals surface area contributed by atoms with Gasteiger partial charge in [-0.25, -0.2) is 22.7 Å². The Morgan fingerprint density at radius 2 is 2.16 bits per heavy atom. The number of aromatic amines is 1. The van der Waals surface area contributed by atoms with Gasteiger partial charge in [-0.15, -0.1) is 0 Å². The number of H-pyrrole nitrogens is 1. The molecule has 1 aromatic heterocycles. The van der Waals surface area contributed by atoms with Crippen LogP contribution < -0.4 is 4.72 Å². The first kappa shape index (κ1) is 15.5. The molecule has 0 spiro atoms. The Kier molecular flexibility index (Phi) is 3.31. The zero-order valence-corrected chi connectivity index (χ0v) is 14.9. The van der Waals surface area contributed by atoms with Gasteiger partial charge in [0.15, 0.2) is 6.04 Å². The fourth-order valence-corrected chi connectivity index (χ4v) is 6.01. The molecule has 0 saturated heterocycles. The van der Waals surface area contributed by atoms with Gasteiger partial charge in [0, 0.05) is 24.2 Å². The second-order valence-corrected chi connectivity index (χ2v) is 9.63. The van der Waals surface area contributed by atoms with Crippen molar-refractivity contribution in [1.82, 2.24) is 9.71 Å². The molecule has 7 nitrogen and oxygen atoms in total. The highest BCUT2D eigenvalue weighted by Crippen LogP contribution is 2.39. The number of fused-ring (bicyclic) bond motifs is 3. The number of sulfonamides is 1. The maximum absolute atomic E-state index is 12.3. The third-order valence-electron chi connectivity index (χ3n) is 5.81. The third kappa shape index (κ3) is 2.50. The molecule has 8 heteroatoms. The summed E-state index contributed by atoms with van der Waals surface area (Å²) in [7, 11) is -3.14. The second kappa shape index (κ2) is 5.35. The lowest BCUT2D eigenvalue weighted by atomic mass is 9.98. The van der Waals surface area contributed by atoms with Gasteiger partial charge in [-0.1, -0.05) is 6.92 Å². The van der Waals surface area contributed by atoms with E-state index in [0.717, 1.165) is 42.8 Å². The predicted molar refractivity (Wildman–Crippen MR) is 96.5 cm³/mol. The lowest BCUT2D eigenvalue weighted by Gasteiger charge is -2.22. The SMILES string of the molecule is C[C@@H]1C[C@H](NS(=O)(=O)C2CC2)C[C@@H]1[N+]1=CN=C2C=Nc3[nH]ccc3C21. The number of hydrogen-bond acceptors (Lipinski definition) is 4. The summed E-state index contributed by atoms with van der Waals surface area (Å²) < 4.78 is 29.8. The van der Waals surface area contributed by atoms with Crippen LogP contribution in [0.5, 0.6) is 0 Å². The molecule has 25 heavy (non-hydrogen) atoms. The number of nitrogens with zero attached hydrogens (tertiary/aromatic N) is 3. The fraction of sp³-hybridized carbons (Fsp3) is 0.588. The summed E-state index contributed by atoms with van der Waals surface area (Å²) in [5.41, 5.74) is 2.10. The Bertz CT molecular complexity index is 909. The van der Waals surface area contributed by atoms with E-state index in [9.17, 15) is 8.42 Å². The van der Waals surface area contributed by atoms with Gasteiger partial charge in [-0.2, -0.15) is 0 Å². The molecule has 132 valence electrons. The zero-order valence-electron chi connectivity index (χ0n) is 14.1. The molecule has 2 aliphatic heterocycles. The number of aromatic nitrogens is 1. The Hall–Kier alpha value is -1.80. The molecular weight excluding hydrogens is 338 g/mol. The van der Waals surface area contributed by atoms with E-state index in [1.165, 1.54) is 0 Å². The van der Waals surface area contributed by atoms with E-state index >= 15 is 0 Å².